The van der Waals surface area contributed by atoms with Crippen molar-refractivity contribution in [2.24, 2.45) is 11.7 Å². The summed E-state index contributed by atoms with van der Waals surface area (Å²) in [5.74, 6) is 1.99. The lowest BCUT2D eigenvalue weighted by Gasteiger charge is -2.04. The number of aromatic nitrogens is 3. The molecule has 0 spiro atoms. The van der Waals surface area contributed by atoms with Crippen molar-refractivity contribution in [3.63, 3.8) is 0 Å². The molecule has 3 rings (SSSR count). The minimum Gasteiger partial charge on any atom is -0.339 e. The lowest BCUT2D eigenvalue weighted by molar-refractivity contribution is 0.359. The van der Waals surface area contributed by atoms with Crippen LogP contribution in [0.15, 0.2) is 29.0 Å². The van der Waals surface area contributed by atoms with E-state index in [1.165, 1.54) is 12.8 Å². The van der Waals surface area contributed by atoms with Crippen LogP contribution in [0.25, 0.3) is 0 Å². The molecule has 2 N–H and O–H groups in total. The van der Waals surface area contributed by atoms with E-state index in [9.17, 15) is 0 Å². The highest BCUT2D eigenvalue weighted by Gasteiger charge is 2.29. The Balaban J connectivity index is 1.62. The molecule has 5 heteroatoms. The van der Waals surface area contributed by atoms with E-state index in [1.807, 2.05) is 18.3 Å². The van der Waals surface area contributed by atoms with Crippen LogP contribution >= 0.6 is 0 Å². The molecule has 5 nitrogen and oxygen atoms in total. The number of nitrogens with zero attached hydrogens (tertiary/aromatic N) is 3. The van der Waals surface area contributed by atoms with Gasteiger partial charge in [0.1, 0.15) is 0 Å². The molecular formula is C13H16N4O. The van der Waals surface area contributed by atoms with Gasteiger partial charge in [0.15, 0.2) is 5.82 Å². The average molecular weight is 244 g/mol. The molecule has 2 aromatic heterocycles. The summed E-state index contributed by atoms with van der Waals surface area (Å²) in [4.78, 5) is 8.43. The number of hydrogen-bond acceptors (Lipinski definition) is 5. The van der Waals surface area contributed by atoms with Crippen LogP contribution < -0.4 is 5.73 Å². The molecular weight excluding hydrogens is 228 g/mol. The third-order valence-electron chi connectivity index (χ3n) is 3.23. The second-order valence-corrected chi connectivity index (χ2v) is 4.85. The van der Waals surface area contributed by atoms with Gasteiger partial charge in [-0.3, -0.25) is 4.98 Å². The Kier molecular flexibility index (Phi) is 3.06. The van der Waals surface area contributed by atoms with Gasteiger partial charge >= 0.3 is 0 Å². The summed E-state index contributed by atoms with van der Waals surface area (Å²) in [5, 5.41) is 3.97. The molecule has 18 heavy (non-hydrogen) atoms. The Labute approximate surface area is 105 Å². The predicted octanol–water partition coefficient (Wildman–Crippen LogP) is 1.34. The van der Waals surface area contributed by atoms with Crippen molar-refractivity contribution in [2.45, 2.75) is 31.7 Å². The van der Waals surface area contributed by atoms with E-state index in [0.29, 0.717) is 30.5 Å². The van der Waals surface area contributed by atoms with Crippen molar-refractivity contribution in [1.29, 1.82) is 0 Å². The largest absolute Gasteiger partial charge is 0.339 e. The van der Waals surface area contributed by atoms with Crippen molar-refractivity contribution in [1.82, 2.24) is 15.1 Å². The van der Waals surface area contributed by atoms with Crippen LogP contribution in [0.1, 0.15) is 30.1 Å². The number of pyridine rings is 1. The maximum Gasteiger partial charge on any atom is 0.228 e. The zero-order valence-corrected chi connectivity index (χ0v) is 10.1. The van der Waals surface area contributed by atoms with Gasteiger partial charge in [-0.1, -0.05) is 11.2 Å². The highest BCUT2D eigenvalue weighted by atomic mass is 16.5. The first-order valence-electron chi connectivity index (χ1n) is 6.27. The van der Waals surface area contributed by atoms with Crippen LogP contribution in [-0.4, -0.2) is 21.2 Å². The molecule has 1 atom stereocenters. The summed E-state index contributed by atoms with van der Waals surface area (Å²) in [6.07, 6.45) is 7.36. The van der Waals surface area contributed by atoms with Crippen LogP contribution in [0.2, 0.25) is 0 Å². The molecule has 0 saturated heterocycles. The molecule has 0 radical (unpaired) electrons. The Hall–Kier alpha value is -1.75. The first kappa shape index (κ1) is 11.3. The van der Waals surface area contributed by atoms with Gasteiger partial charge in [0.05, 0.1) is 0 Å². The standard InChI is InChI=1S/C13H16N4O/c14-11(10-3-4-10)7-13-16-12(17-18-13)6-9-2-1-5-15-8-9/h1-2,5,8,10-11H,3-4,6-7,14H2. The molecule has 0 aromatic carbocycles. The van der Waals surface area contributed by atoms with Crippen LogP contribution in [-0.2, 0) is 12.8 Å². The monoisotopic (exact) mass is 244 g/mol. The Bertz CT molecular complexity index is 507. The summed E-state index contributed by atoms with van der Waals surface area (Å²) >= 11 is 0. The van der Waals surface area contributed by atoms with Gasteiger partial charge in [0, 0.05) is 31.3 Å². The number of nitrogens with two attached hydrogens (primary N) is 1. The van der Waals surface area contributed by atoms with E-state index >= 15 is 0 Å². The molecule has 0 amide bonds. The smallest absolute Gasteiger partial charge is 0.228 e. The third-order valence-corrected chi connectivity index (χ3v) is 3.23. The lowest BCUT2D eigenvalue weighted by atomic mass is 10.1. The number of hydrogen-bond donors (Lipinski definition) is 1. The topological polar surface area (TPSA) is 77.8 Å². The molecule has 1 aliphatic carbocycles. The van der Waals surface area contributed by atoms with E-state index in [0.717, 1.165) is 5.56 Å². The van der Waals surface area contributed by atoms with Gasteiger partial charge in [0.25, 0.3) is 0 Å². The molecule has 1 unspecified atom stereocenters. The summed E-state index contributed by atoms with van der Waals surface area (Å²) < 4.78 is 5.22. The van der Waals surface area contributed by atoms with Crippen molar-refractivity contribution < 1.29 is 4.52 Å². The van der Waals surface area contributed by atoms with Gasteiger partial charge in [-0.2, -0.15) is 4.98 Å². The molecule has 94 valence electrons. The van der Waals surface area contributed by atoms with Gasteiger partial charge < -0.3 is 10.3 Å². The first-order valence-corrected chi connectivity index (χ1v) is 6.27. The van der Waals surface area contributed by atoms with Gasteiger partial charge in [-0.25, -0.2) is 0 Å². The summed E-state index contributed by atoms with van der Waals surface area (Å²) in [7, 11) is 0. The van der Waals surface area contributed by atoms with Gasteiger partial charge in [-0.15, -0.1) is 0 Å². The zero-order chi connectivity index (χ0) is 12.4. The molecule has 0 bridgehead atoms. The van der Waals surface area contributed by atoms with Gasteiger partial charge in [0.2, 0.25) is 5.89 Å². The highest BCUT2D eigenvalue weighted by molar-refractivity contribution is 5.13. The van der Waals surface area contributed by atoms with Crippen molar-refractivity contribution in [2.75, 3.05) is 0 Å². The minimum atomic E-state index is 0.164. The van der Waals surface area contributed by atoms with Crippen LogP contribution in [0.3, 0.4) is 0 Å². The van der Waals surface area contributed by atoms with Gasteiger partial charge in [-0.05, 0) is 30.4 Å². The SMILES string of the molecule is NC(Cc1nc(Cc2cccnc2)no1)C1CC1. The van der Waals surface area contributed by atoms with E-state index < -0.39 is 0 Å². The molecule has 2 aromatic rings. The number of rotatable bonds is 5. The molecule has 0 aliphatic heterocycles. The van der Waals surface area contributed by atoms with Crippen molar-refractivity contribution in [3.05, 3.63) is 41.8 Å². The Morgan fingerprint density at radius 3 is 3.06 bits per heavy atom. The summed E-state index contributed by atoms with van der Waals surface area (Å²) in [6, 6.07) is 4.06. The maximum atomic E-state index is 6.04. The lowest BCUT2D eigenvalue weighted by Crippen LogP contribution is -2.25. The van der Waals surface area contributed by atoms with E-state index in [2.05, 4.69) is 15.1 Å². The maximum absolute atomic E-state index is 6.04. The minimum absolute atomic E-state index is 0.164. The molecule has 2 heterocycles. The Morgan fingerprint density at radius 1 is 1.44 bits per heavy atom. The van der Waals surface area contributed by atoms with Crippen LogP contribution in [0.4, 0.5) is 0 Å². The summed E-state index contributed by atoms with van der Waals surface area (Å²) in [6.45, 7) is 0. The third kappa shape index (κ3) is 2.73. The second-order valence-electron chi connectivity index (χ2n) is 4.85. The van der Waals surface area contributed by atoms with Crippen LogP contribution in [0, 0.1) is 5.92 Å². The average Bonchev–Trinajstić information content (AvgIpc) is 3.15. The Morgan fingerprint density at radius 2 is 2.33 bits per heavy atom. The van der Waals surface area contributed by atoms with E-state index in [-0.39, 0.29) is 6.04 Å². The molecule has 1 fully saturated rings. The molecule has 1 saturated carbocycles. The molecule has 1 aliphatic rings. The fourth-order valence-corrected chi connectivity index (χ4v) is 2.02. The fourth-order valence-electron chi connectivity index (χ4n) is 2.02. The second kappa shape index (κ2) is 4.86. The van der Waals surface area contributed by atoms with Crippen molar-refractivity contribution in [3.8, 4) is 0 Å². The predicted molar refractivity (Wildman–Crippen MR) is 65.7 cm³/mol. The van der Waals surface area contributed by atoms with Crippen LogP contribution in [0.5, 0.6) is 0 Å². The van der Waals surface area contributed by atoms with E-state index in [4.69, 9.17) is 10.3 Å². The van der Waals surface area contributed by atoms with Crippen molar-refractivity contribution >= 4 is 0 Å². The first-order chi connectivity index (χ1) is 8.81. The fraction of sp³-hybridized carbons (Fsp3) is 0.462. The summed E-state index contributed by atoms with van der Waals surface area (Å²) in [5.41, 5.74) is 7.12. The van der Waals surface area contributed by atoms with E-state index in [1.54, 1.807) is 6.20 Å². The zero-order valence-electron chi connectivity index (χ0n) is 10.1. The highest BCUT2D eigenvalue weighted by Crippen LogP contribution is 2.32. The quantitative estimate of drug-likeness (QED) is 0.858. The normalized spacial score (nSPS) is 16.7.